The molecule has 0 aromatic heterocycles. The zero-order chi connectivity index (χ0) is 12.0. The molecule has 0 heterocycles. The highest BCUT2D eigenvalue weighted by Crippen LogP contribution is 2.17. The second-order valence-electron chi connectivity index (χ2n) is 3.43. The van der Waals surface area contributed by atoms with Gasteiger partial charge in [0.15, 0.2) is 0 Å². The van der Waals surface area contributed by atoms with Crippen LogP contribution in [0.5, 0.6) is 0 Å². The normalized spacial score (nSPS) is 10.1. The number of rotatable bonds is 5. The number of benzene rings is 1. The molecule has 0 atom stereocenters. The number of esters is 1. The summed E-state index contributed by atoms with van der Waals surface area (Å²) in [5, 5.41) is 0. The van der Waals surface area contributed by atoms with Gasteiger partial charge in [0.25, 0.3) is 0 Å². The summed E-state index contributed by atoms with van der Waals surface area (Å²) in [6.07, 6.45) is 1.63. The lowest BCUT2D eigenvalue weighted by Gasteiger charge is -2.07. The van der Waals surface area contributed by atoms with E-state index in [2.05, 4.69) is 0 Å². The number of carbonyl (C=O) groups is 1. The lowest BCUT2D eigenvalue weighted by atomic mass is 10.0. The first kappa shape index (κ1) is 12.8. The molecular weight excluding hydrogens is 226 g/mol. The molecule has 3 nitrogen and oxygen atoms in total. The van der Waals surface area contributed by atoms with Gasteiger partial charge in [-0.3, -0.25) is 0 Å². The van der Waals surface area contributed by atoms with E-state index in [1.54, 1.807) is 25.1 Å². The van der Waals surface area contributed by atoms with Crippen LogP contribution >= 0.6 is 11.6 Å². The fourth-order valence-corrected chi connectivity index (χ4v) is 1.55. The first-order chi connectivity index (χ1) is 7.69. The number of hydrogen-bond acceptors (Lipinski definition) is 3. The first-order valence-corrected chi connectivity index (χ1v) is 5.84. The predicted molar refractivity (Wildman–Crippen MR) is 65.9 cm³/mol. The van der Waals surface area contributed by atoms with Gasteiger partial charge in [0.05, 0.1) is 12.2 Å². The van der Waals surface area contributed by atoms with Crippen molar-refractivity contribution in [3.8, 4) is 0 Å². The molecule has 0 fully saturated rings. The second-order valence-corrected chi connectivity index (χ2v) is 3.80. The molecule has 1 aromatic rings. The van der Waals surface area contributed by atoms with E-state index in [0.717, 1.165) is 18.4 Å². The van der Waals surface area contributed by atoms with E-state index in [1.165, 1.54) is 0 Å². The molecule has 0 unspecified atom stereocenters. The zero-order valence-corrected chi connectivity index (χ0v) is 10.1. The van der Waals surface area contributed by atoms with Gasteiger partial charge in [-0.05, 0) is 43.5 Å². The maximum atomic E-state index is 11.5. The van der Waals surface area contributed by atoms with Gasteiger partial charge < -0.3 is 10.5 Å². The summed E-state index contributed by atoms with van der Waals surface area (Å²) in [5.74, 6) is 0.276. The topological polar surface area (TPSA) is 52.3 Å². The fourth-order valence-electron chi connectivity index (χ4n) is 1.42. The summed E-state index contributed by atoms with van der Waals surface area (Å²) < 4.78 is 4.92. The Morgan fingerprint density at radius 3 is 2.88 bits per heavy atom. The van der Waals surface area contributed by atoms with E-state index in [1.807, 2.05) is 0 Å². The van der Waals surface area contributed by atoms with Gasteiger partial charge in [0.1, 0.15) is 0 Å². The maximum Gasteiger partial charge on any atom is 0.338 e. The van der Waals surface area contributed by atoms with E-state index in [4.69, 9.17) is 22.1 Å². The van der Waals surface area contributed by atoms with Crippen LogP contribution in [0.25, 0.3) is 0 Å². The Kier molecular flexibility index (Phi) is 5.12. The number of anilines is 1. The van der Waals surface area contributed by atoms with Crippen molar-refractivity contribution in [2.45, 2.75) is 19.8 Å². The quantitative estimate of drug-likeness (QED) is 0.490. The average molecular weight is 242 g/mol. The molecule has 88 valence electrons. The highest BCUT2D eigenvalue weighted by atomic mass is 35.5. The lowest BCUT2D eigenvalue weighted by Crippen LogP contribution is -2.06. The lowest BCUT2D eigenvalue weighted by molar-refractivity contribution is 0.0526. The molecule has 0 bridgehead atoms. The number of aryl methyl sites for hydroxylation is 1. The van der Waals surface area contributed by atoms with Crippen LogP contribution in [-0.2, 0) is 11.2 Å². The van der Waals surface area contributed by atoms with Gasteiger partial charge in [-0.15, -0.1) is 11.6 Å². The van der Waals surface area contributed by atoms with Gasteiger partial charge in [0, 0.05) is 11.6 Å². The average Bonchev–Trinajstić information content (AvgIpc) is 2.28. The number of alkyl halides is 1. The molecular formula is C12H16ClNO2. The van der Waals surface area contributed by atoms with Crippen molar-refractivity contribution in [1.29, 1.82) is 0 Å². The minimum absolute atomic E-state index is 0.311. The minimum atomic E-state index is -0.311. The van der Waals surface area contributed by atoms with Crippen molar-refractivity contribution >= 4 is 23.3 Å². The third-order valence-electron chi connectivity index (χ3n) is 2.23. The third-order valence-corrected chi connectivity index (χ3v) is 2.50. The number of nitrogen functional groups attached to an aromatic ring is 1. The highest BCUT2D eigenvalue weighted by Gasteiger charge is 2.08. The van der Waals surface area contributed by atoms with Crippen LogP contribution in [0.2, 0.25) is 0 Å². The molecule has 1 rings (SSSR count). The molecule has 0 spiro atoms. The Bertz CT molecular complexity index is 366. The molecule has 0 radical (unpaired) electrons. The number of halogens is 1. The minimum Gasteiger partial charge on any atom is -0.462 e. The Morgan fingerprint density at radius 1 is 1.50 bits per heavy atom. The van der Waals surface area contributed by atoms with Crippen LogP contribution in [0, 0.1) is 0 Å². The van der Waals surface area contributed by atoms with Crippen molar-refractivity contribution in [2.24, 2.45) is 0 Å². The number of nitrogens with two attached hydrogens (primary N) is 1. The van der Waals surface area contributed by atoms with Crippen molar-refractivity contribution < 1.29 is 9.53 Å². The number of carbonyl (C=O) groups excluding carboxylic acids is 1. The molecule has 0 amide bonds. The van der Waals surface area contributed by atoms with Crippen LogP contribution in [-0.4, -0.2) is 18.5 Å². The van der Waals surface area contributed by atoms with Crippen LogP contribution < -0.4 is 5.73 Å². The van der Waals surface area contributed by atoms with Crippen LogP contribution in [0.1, 0.15) is 29.3 Å². The summed E-state index contributed by atoms with van der Waals surface area (Å²) in [4.78, 5) is 11.5. The molecule has 0 saturated carbocycles. The summed E-state index contributed by atoms with van der Waals surface area (Å²) in [7, 11) is 0. The first-order valence-electron chi connectivity index (χ1n) is 5.30. The summed E-state index contributed by atoms with van der Waals surface area (Å²) in [5.41, 5.74) is 7.99. The highest BCUT2D eigenvalue weighted by molar-refractivity contribution is 6.17. The molecule has 0 aliphatic rings. The van der Waals surface area contributed by atoms with Gasteiger partial charge in [0.2, 0.25) is 0 Å². The fraction of sp³-hybridized carbons (Fsp3) is 0.417. The van der Waals surface area contributed by atoms with Gasteiger partial charge in [-0.25, -0.2) is 4.79 Å². The molecule has 1 aromatic carbocycles. The third kappa shape index (κ3) is 3.42. The molecule has 2 N–H and O–H groups in total. The van der Waals surface area contributed by atoms with Crippen LogP contribution in [0.15, 0.2) is 18.2 Å². The van der Waals surface area contributed by atoms with E-state index in [9.17, 15) is 4.79 Å². The second kappa shape index (κ2) is 6.38. The Balaban J connectivity index is 2.84. The largest absolute Gasteiger partial charge is 0.462 e. The molecule has 0 aliphatic heterocycles. The molecule has 0 aliphatic carbocycles. The Labute approximate surface area is 101 Å². The van der Waals surface area contributed by atoms with Crippen molar-refractivity contribution in [3.05, 3.63) is 29.3 Å². The summed E-state index contributed by atoms with van der Waals surface area (Å²) in [6, 6.07) is 5.19. The van der Waals surface area contributed by atoms with E-state index < -0.39 is 0 Å². The van der Waals surface area contributed by atoms with E-state index in [0.29, 0.717) is 23.7 Å². The van der Waals surface area contributed by atoms with E-state index >= 15 is 0 Å². The Hall–Kier alpha value is -1.22. The van der Waals surface area contributed by atoms with Crippen LogP contribution in [0.4, 0.5) is 5.69 Å². The van der Waals surface area contributed by atoms with Crippen molar-refractivity contribution in [2.75, 3.05) is 18.2 Å². The maximum absolute atomic E-state index is 11.5. The standard InChI is InChI=1S/C12H16ClNO2/c1-2-16-12(15)10-5-6-11(14)9(8-10)4-3-7-13/h5-6,8H,2-4,7,14H2,1H3. The Morgan fingerprint density at radius 2 is 2.25 bits per heavy atom. The van der Waals surface area contributed by atoms with Gasteiger partial charge in [-0.1, -0.05) is 0 Å². The van der Waals surface area contributed by atoms with Gasteiger partial charge >= 0.3 is 5.97 Å². The van der Waals surface area contributed by atoms with E-state index in [-0.39, 0.29) is 5.97 Å². The van der Waals surface area contributed by atoms with Crippen molar-refractivity contribution in [1.82, 2.24) is 0 Å². The van der Waals surface area contributed by atoms with Crippen LogP contribution in [0.3, 0.4) is 0 Å². The number of ether oxygens (including phenoxy) is 1. The predicted octanol–water partition coefficient (Wildman–Crippen LogP) is 2.62. The molecule has 16 heavy (non-hydrogen) atoms. The monoisotopic (exact) mass is 241 g/mol. The summed E-state index contributed by atoms with van der Waals surface area (Å²) in [6.45, 7) is 2.16. The smallest absolute Gasteiger partial charge is 0.338 e. The molecule has 0 saturated heterocycles. The van der Waals surface area contributed by atoms with Crippen molar-refractivity contribution in [3.63, 3.8) is 0 Å². The molecule has 4 heteroatoms. The number of hydrogen-bond donors (Lipinski definition) is 1. The SMILES string of the molecule is CCOC(=O)c1ccc(N)c(CCCCl)c1. The van der Waals surface area contributed by atoms with Gasteiger partial charge in [-0.2, -0.15) is 0 Å². The summed E-state index contributed by atoms with van der Waals surface area (Å²) >= 11 is 5.62. The zero-order valence-electron chi connectivity index (χ0n) is 9.33.